The molecule has 0 aliphatic rings. The second-order valence-corrected chi connectivity index (χ2v) is 4.23. The first-order valence-corrected chi connectivity index (χ1v) is 6.51. The lowest BCUT2D eigenvalue weighted by Gasteiger charge is -2.14. The molecule has 7 nitrogen and oxygen atoms in total. The summed E-state index contributed by atoms with van der Waals surface area (Å²) in [6.45, 7) is 1.84. The van der Waals surface area contributed by atoms with E-state index < -0.39 is 11.6 Å². The first-order valence-electron chi connectivity index (χ1n) is 6.51. The number of rotatable bonds is 5. The van der Waals surface area contributed by atoms with Gasteiger partial charge in [0.2, 0.25) is 11.5 Å². The molecule has 0 radical (unpaired) electrons. The van der Waals surface area contributed by atoms with Crippen molar-refractivity contribution in [2.75, 3.05) is 27.9 Å². The molecular formula is C15H16O7. The molecule has 7 heteroatoms. The first kappa shape index (κ1) is 15.7. The highest BCUT2D eigenvalue weighted by Crippen LogP contribution is 2.42. The zero-order valence-corrected chi connectivity index (χ0v) is 12.7. The second-order valence-electron chi connectivity index (χ2n) is 4.23. The Balaban J connectivity index is 2.79. The fourth-order valence-electron chi connectivity index (χ4n) is 2.12. The van der Waals surface area contributed by atoms with Crippen molar-refractivity contribution in [2.24, 2.45) is 0 Å². The molecule has 1 aromatic carbocycles. The molecule has 1 heterocycles. The average Bonchev–Trinajstić information content (AvgIpc) is 2.52. The largest absolute Gasteiger partial charge is 0.493 e. The standard InChI is InChI=1S/C15H16O7/c1-5-21-14(16)10-7-8-6-9(18-2)12(19-3)13(20-4)11(8)15(17)22-10/h6-7H,5H2,1-4H3. The Bertz CT molecular complexity index is 761. The molecule has 2 aromatic rings. The molecule has 0 N–H and O–H groups in total. The Morgan fingerprint density at radius 1 is 1.09 bits per heavy atom. The third-order valence-corrected chi connectivity index (χ3v) is 3.03. The molecule has 0 saturated heterocycles. The van der Waals surface area contributed by atoms with Gasteiger partial charge in [-0.3, -0.25) is 0 Å². The van der Waals surface area contributed by atoms with Crippen molar-refractivity contribution in [3.63, 3.8) is 0 Å². The van der Waals surface area contributed by atoms with Crippen molar-refractivity contribution >= 4 is 16.7 Å². The minimum Gasteiger partial charge on any atom is -0.493 e. The third kappa shape index (κ3) is 2.57. The van der Waals surface area contributed by atoms with Gasteiger partial charge in [-0.2, -0.15) is 0 Å². The van der Waals surface area contributed by atoms with Gasteiger partial charge in [-0.1, -0.05) is 0 Å². The van der Waals surface area contributed by atoms with E-state index in [1.54, 1.807) is 13.0 Å². The minimum absolute atomic E-state index is 0.160. The lowest BCUT2D eigenvalue weighted by atomic mass is 10.1. The molecule has 0 atom stereocenters. The van der Waals surface area contributed by atoms with Gasteiger partial charge in [-0.25, -0.2) is 9.59 Å². The van der Waals surface area contributed by atoms with Gasteiger partial charge >= 0.3 is 11.6 Å². The van der Waals surface area contributed by atoms with Gasteiger partial charge in [-0.15, -0.1) is 0 Å². The summed E-state index contributed by atoms with van der Waals surface area (Å²) in [6, 6.07) is 2.97. The van der Waals surface area contributed by atoms with E-state index in [-0.39, 0.29) is 29.3 Å². The summed E-state index contributed by atoms with van der Waals surface area (Å²) in [5.41, 5.74) is -0.724. The number of carbonyl (C=O) groups is 1. The summed E-state index contributed by atoms with van der Waals surface area (Å²) in [4.78, 5) is 23.9. The molecule has 1 aromatic heterocycles. The van der Waals surface area contributed by atoms with Gasteiger partial charge in [0.15, 0.2) is 11.5 Å². The van der Waals surface area contributed by atoms with E-state index in [4.69, 9.17) is 23.4 Å². The van der Waals surface area contributed by atoms with Crippen molar-refractivity contribution in [1.29, 1.82) is 0 Å². The molecule has 0 spiro atoms. The van der Waals surface area contributed by atoms with Crippen LogP contribution >= 0.6 is 0 Å². The van der Waals surface area contributed by atoms with Crippen molar-refractivity contribution in [1.82, 2.24) is 0 Å². The number of ether oxygens (including phenoxy) is 4. The maximum absolute atomic E-state index is 12.2. The first-order chi connectivity index (χ1) is 10.6. The molecule has 2 rings (SSSR count). The molecule has 0 unspecified atom stereocenters. The number of hydrogen-bond donors (Lipinski definition) is 0. The van der Waals surface area contributed by atoms with Crippen molar-refractivity contribution < 1.29 is 28.2 Å². The molecule has 0 saturated carbocycles. The van der Waals surface area contributed by atoms with Crippen LogP contribution in [0.4, 0.5) is 0 Å². The van der Waals surface area contributed by atoms with Crippen LogP contribution in [0.15, 0.2) is 21.3 Å². The molecule has 0 fully saturated rings. The SMILES string of the molecule is CCOC(=O)c1cc2cc(OC)c(OC)c(OC)c2c(=O)o1. The fourth-order valence-corrected chi connectivity index (χ4v) is 2.12. The van der Waals surface area contributed by atoms with E-state index in [0.717, 1.165) is 0 Å². The predicted molar refractivity (Wildman–Crippen MR) is 78.1 cm³/mol. The number of esters is 1. The van der Waals surface area contributed by atoms with Crippen molar-refractivity contribution in [3.8, 4) is 17.2 Å². The zero-order valence-electron chi connectivity index (χ0n) is 12.7. The Hall–Kier alpha value is -2.70. The van der Waals surface area contributed by atoms with Crippen LogP contribution in [0.3, 0.4) is 0 Å². The van der Waals surface area contributed by atoms with Crippen LogP contribution in [0.1, 0.15) is 17.5 Å². The zero-order chi connectivity index (χ0) is 16.3. The van der Waals surface area contributed by atoms with Crippen LogP contribution in [0.25, 0.3) is 10.8 Å². The highest BCUT2D eigenvalue weighted by molar-refractivity contribution is 5.96. The van der Waals surface area contributed by atoms with E-state index in [9.17, 15) is 9.59 Å². The fraction of sp³-hybridized carbons (Fsp3) is 0.333. The van der Waals surface area contributed by atoms with Gasteiger partial charge in [0.05, 0.1) is 27.9 Å². The maximum Gasteiger partial charge on any atom is 0.374 e. The van der Waals surface area contributed by atoms with Gasteiger partial charge in [0.1, 0.15) is 5.39 Å². The van der Waals surface area contributed by atoms with Crippen LogP contribution in [-0.4, -0.2) is 33.9 Å². The second kappa shape index (κ2) is 6.38. The van der Waals surface area contributed by atoms with Gasteiger partial charge < -0.3 is 23.4 Å². The average molecular weight is 308 g/mol. The molecule has 0 bridgehead atoms. The summed E-state index contributed by atoms with van der Waals surface area (Å²) in [5.74, 6) is -0.0779. The predicted octanol–water partition coefficient (Wildman–Crippen LogP) is 2.00. The summed E-state index contributed by atoms with van der Waals surface area (Å²) >= 11 is 0. The van der Waals surface area contributed by atoms with Gasteiger partial charge in [0, 0.05) is 5.39 Å². The smallest absolute Gasteiger partial charge is 0.374 e. The number of methoxy groups -OCH3 is 3. The summed E-state index contributed by atoms with van der Waals surface area (Å²) in [6.07, 6.45) is 0. The van der Waals surface area contributed by atoms with E-state index in [0.29, 0.717) is 11.1 Å². The Kier molecular flexibility index (Phi) is 4.55. The van der Waals surface area contributed by atoms with Crippen molar-refractivity contribution in [3.05, 3.63) is 28.3 Å². The summed E-state index contributed by atoms with van der Waals surface area (Å²) in [7, 11) is 4.29. The molecule has 22 heavy (non-hydrogen) atoms. The molecule has 0 aliphatic carbocycles. The van der Waals surface area contributed by atoms with Crippen molar-refractivity contribution in [2.45, 2.75) is 6.92 Å². The van der Waals surface area contributed by atoms with E-state index in [1.165, 1.54) is 27.4 Å². The highest BCUT2D eigenvalue weighted by Gasteiger charge is 2.21. The van der Waals surface area contributed by atoms with Crippen LogP contribution in [0.2, 0.25) is 0 Å². The quantitative estimate of drug-likeness (QED) is 0.781. The minimum atomic E-state index is -0.724. The lowest BCUT2D eigenvalue weighted by molar-refractivity contribution is 0.0485. The van der Waals surface area contributed by atoms with Crippen LogP contribution < -0.4 is 19.8 Å². The summed E-state index contributed by atoms with van der Waals surface area (Å²) in [5, 5.41) is 0.585. The number of hydrogen-bond acceptors (Lipinski definition) is 7. The van der Waals surface area contributed by atoms with E-state index in [1.807, 2.05) is 0 Å². The van der Waals surface area contributed by atoms with E-state index >= 15 is 0 Å². The highest BCUT2D eigenvalue weighted by atomic mass is 16.5. The molecule has 118 valence electrons. The number of benzene rings is 1. The Morgan fingerprint density at radius 3 is 2.32 bits per heavy atom. The number of carbonyl (C=O) groups excluding carboxylic acids is 1. The maximum atomic E-state index is 12.2. The topological polar surface area (TPSA) is 84.2 Å². The third-order valence-electron chi connectivity index (χ3n) is 3.03. The van der Waals surface area contributed by atoms with Crippen LogP contribution in [0, 0.1) is 0 Å². The molecular weight excluding hydrogens is 292 g/mol. The molecule has 0 aliphatic heterocycles. The van der Waals surface area contributed by atoms with E-state index in [2.05, 4.69) is 0 Å². The van der Waals surface area contributed by atoms with Gasteiger partial charge in [0.25, 0.3) is 0 Å². The Morgan fingerprint density at radius 2 is 1.77 bits per heavy atom. The lowest BCUT2D eigenvalue weighted by Crippen LogP contribution is -2.11. The monoisotopic (exact) mass is 308 g/mol. The summed E-state index contributed by atoms with van der Waals surface area (Å²) < 4.78 is 25.5. The Labute approximate surface area is 126 Å². The van der Waals surface area contributed by atoms with Crippen LogP contribution in [-0.2, 0) is 4.74 Å². The van der Waals surface area contributed by atoms with Gasteiger partial charge in [-0.05, 0) is 19.1 Å². The normalized spacial score (nSPS) is 10.4. The molecule has 0 amide bonds. The van der Waals surface area contributed by atoms with Crippen LogP contribution in [0.5, 0.6) is 17.2 Å². The number of fused-ring (bicyclic) bond motifs is 1.